The van der Waals surface area contributed by atoms with E-state index in [0.29, 0.717) is 5.69 Å². The number of carbonyl (C=O) groups is 1. The number of nitrogens with one attached hydrogen (secondary N) is 2. The number of urea groups is 1. The molecule has 1 unspecified atom stereocenters. The third-order valence-electron chi connectivity index (χ3n) is 3.78. The average molecular weight is 374 g/mol. The van der Waals surface area contributed by atoms with Gasteiger partial charge in [0, 0.05) is 5.69 Å². The molecule has 0 radical (unpaired) electrons. The standard InChI is InChI=1S/C18H22N4O3S/c1-12(2)14-7-5-8-15(13(3)4)17(14)21-18(23)22-26(24,20-11-19)16-9-6-10-25-16/h5-10,12-13H,1-4H3,(H2,20,21,22,23,24). The molecule has 0 spiro atoms. The van der Waals surface area contributed by atoms with Crippen molar-refractivity contribution in [2.24, 2.45) is 4.36 Å². The van der Waals surface area contributed by atoms with Gasteiger partial charge in [-0.2, -0.15) is 5.26 Å². The summed E-state index contributed by atoms with van der Waals surface area (Å²) < 4.78 is 23.5. The average Bonchev–Trinajstić information content (AvgIpc) is 3.09. The first-order valence-corrected chi connectivity index (χ1v) is 9.70. The van der Waals surface area contributed by atoms with Crippen LogP contribution in [0, 0.1) is 11.5 Å². The van der Waals surface area contributed by atoms with Crippen LogP contribution in [-0.4, -0.2) is 10.2 Å². The summed E-state index contributed by atoms with van der Waals surface area (Å²) in [7, 11) is -3.52. The number of anilines is 1. The van der Waals surface area contributed by atoms with E-state index in [1.54, 1.807) is 0 Å². The topological polar surface area (TPSA) is 107 Å². The minimum Gasteiger partial charge on any atom is -0.453 e. The first-order valence-electron chi connectivity index (χ1n) is 8.18. The van der Waals surface area contributed by atoms with Crippen LogP contribution in [0.4, 0.5) is 10.5 Å². The van der Waals surface area contributed by atoms with Gasteiger partial charge in [0.2, 0.25) is 21.2 Å². The van der Waals surface area contributed by atoms with E-state index in [1.807, 2.05) is 45.9 Å². The SMILES string of the molecule is CC(C)c1cccc(C(C)C)c1NC(=O)NS(=O)(=NC#N)c1ccco1. The molecule has 0 saturated heterocycles. The smallest absolute Gasteiger partial charge is 0.332 e. The number of hydrogen-bond donors (Lipinski definition) is 2. The predicted molar refractivity (Wildman–Crippen MR) is 99.9 cm³/mol. The van der Waals surface area contributed by atoms with E-state index in [-0.39, 0.29) is 16.9 Å². The largest absolute Gasteiger partial charge is 0.453 e. The van der Waals surface area contributed by atoms with Gasteiger partial charge in [0.05, 0.1) is 6.26 Å². The fourth-order valence-electron chi connectivity index (χ4n) is 2.56. The number of rotatable bonds is 5. The molecule has 138 valence electrons. The fourth-order valence-corrected chi connectivity index (χ4v) is 3.66. The number of nitrogens with zero attached hydrogens (tertiary/aromatic N) is 2. The first-order chi connectivity index (χ1) is 12.3. The summed E-state index contributed by atoms with van der Waals surface area (Å²) in [5.74, 6) is 0.365. The zero-order valence-corrected chi connectivity index (χ0v) is 16.0. The van der Waals surface area contributed by atoms with Crippen molar-refractivity contribution < 1.29 is 13.4 Å². The summed E-state index contributed by atoms with van der Waals surface area (Å²) in [6.07, 6.45) is 2.77. The highest BCUT2D eigenvalue weighted by Crippen LogP contribution is 2.32. The van der Waals surface area contributed by atoms with Gasteiger partial charge in [-0.15, -0.1) is 0 Å². The van der Waals surface area contributed by atoms with Gasteiger partial charge in [-0.05, 0) is 35.1 Å². The van der Waals surface area contributed by atoms with E-state index in [4.69, 9.17) is 9.68 Å². The lowest BCUT2D eigenvalue weighted by molar-refractivity contribution is 0.256. The molecule has 0 aliphatic carbocycles. The number of amides is 2. The molecule has 0 bridgehead atoms. The monoisotopic (exact) mass is 374 g/mol. The van der Waals surface area contributed by atoms with E-state index >= 15 is 0 Å². The molecule has 0 aliphatic heterocycles. The number of hydrogen-bond acceptors (Lipinski definition) is 5. The van der Waals surface area contributed by atoms with E-state index in [0.717, 1.165) is 11.1 Å². The summed E-state index contributed by atoms with van der Waals surface area (Å²) in [6.45, 7) is 8.11. The molecule has 1 aromatic carbocycles. The lowest BCUT2D eigenvalue weighted by atomic mass is 9.93. The molecule has 2 amide bonds. The van der Waals surface area contributed by atoms with Gasteiger partial charge in [0.1, 0.15) is 0 Å². The second-order valence-electron chi connectivity index (χ2n) is 6.33. The van der Waals surface area contributed by atoms with Crippen LogP contribution in [0.5, 0.6) is 0 Å². The van der Waals surface area contributed by atoms with Crippen LogP contribution in [-0.2, 0) is 9.92 Å². The van der Waals surface area contributed by atoms with Crippen LogP contribution in [0.25, 0.3) is 0 Å². The Labute approximate surface area is 153 Å². The van der Waals surface area contributed by atoms with Crippen LogP contribution in [0.15, 0.2) is 50.5 Å². The summed E-state index contributed by atoms with van der Waals surface area (Å²) in [4.78, 5) is 12.5. The van der Waals surface area contributed by atoms with Gasteiger partial charge in [-0.3, -0.25) is 0 Å². The zero-order valence-electron chi connectivity index (χ0n) is 15.1. The highest BCUT2D eigenvalue weighted by molar-refractivity contribution is 7.92. The molecule has 0 fully saturated rings. The zero-order chi connectivity index (χ0) is 19.3. The second kappa shape index (κ2) is 8.06. The maximum Gasteiger partial charge on any atom is 0.332 e. The quantitative estimate of drug-likeness (QED) is 0.747. The minimum absolute atomic E-state index is 0.0876. The second-order valence-corrected chi connectivity index (χ2v) is 8.17. The Bertz CT molecular complexity index is 908. The highest BCUT2D eigenvalue weighted by Gasteiger charge is 2.22. The molecule has 0 aliphatic rings. The van der Waals surface area contributed by atoms with Crippen LogP contribution in [0.1, 0.15) is 50.7 Å². The van der Waals surface area contributed by atoms with E-state index in [2.05, 4.69) is 14.4 Å². The maximum absolute atomic E-state index is 12.8. The molecule has 1 atom stereocenters. The molecule has 2 N–H and O–H groups in total. The molecular formula is C18H22N4O3S. The van der Waals surface area contributed by atoms with Crippen molar-refractivity contribution in [3.63, 3.8) is 0 Å². The Balaban J connectivity index is 2.38. The third-order valence-corrected chi connectivity index (χ3v) is 5.36. The summed E-state index contributed by atoms with van der Waals surface area (Å²) in [5, 5.41) is 11.5. The lowest BCUT2D eigenvalue weighted by Crippen LogP contribution is -2.34. The van der Waals surface area contributed by atoms with E-state index < -0.39 is 15.9 Å². The number of benzene rings is 1. The Kier molecular flexibility index (Phi) is 6.05. The molecule has 2 rings (SSSR count). The number of furan rings is 1. The van der Waals surface area contributed by atoms with Crippen LogP contribution in [0.2, 0.25) is 0 Å². The fraction of sp³-hybridized carbons (Fsp3) is 0.333. The van der Waals surface area contributed by atoms with Gasteiger partial charge in [0.15, 0.2) is 0 Å². The summed E-state index contributed by atoms with van der Waals surface area (Å²) in [5.41, 5.74) is 2.61. The van der Waals surface area contributed by atoms with Crippen molar-refractivity contribution in [1.29, 1.82) is 5.26 Å². The maximum atomic E-state index is 12.8. The Morgan fingerprint density at radius 3 is 2.23 bits per heavy atom. The Morgan fingerprint density at radius 1 is 1.15 bits per heavy atom. The van der Waals surface area contributed by atoms with Gasteiger partial charge in [0.25, 0.3) is 0 Å². The Morgan fingerprint density at radius 2 is 1.77 bits per heavy atom. The van der Waals surface area contributed by atoms with Crippen molar-refractivity contribution >= 4 is 21.6 Å². The number of nitriles is 1. The predicted octanol–water partition coefficient (Wildman–Crippen LogP) is 4.57. The van der Waals surface area contributed by atoms with E-state index in [1.165, 1.54) is 24.6 Å². The first kappa shape index (κ1) is 19.5. The highest BCUT2D eigenvalue weighted by atomic mass is 32.2. The molecule has 1 heterocycles. The normalized spacial score (nSPS) is 13.1. The van der Waals surface area contributed by atoms with Crippen molar-refractivity contribution in [2.75, 3.05) is 5.32 Å². The van der Waals surface area contributed by atoms with Crippen LogP contribution < -0.4 is 10.0 Å². The van der Waals surface area contributed by atoms with Crippen molar-refractivity contribution in [1.82, 2.24) is 4.72 Å². The van der Waals surface area contributed by atoms with Crippen molar-refractivity contribution in [3.8, 4) is 6.19 Å². The number of carbonyl (C=O) groups excluding carboxylic acids is 1. The van der Waals surface area contributed by atoms with Crippen LogP contribution >= 0.6 is 0 Å². The number of para-hydroxylation sites is 1. The van der Waals surface area contributed by atoms with Gasteiger partial charge in [-0.25, -0.2) is 13.7 Å². The lowest BCUT2D eigenvalue weighted by Gasteiger charge is -2.20. The summed E-state index contributed by atoms with van der Waals surface area (Å²) in [6, 6.07) is 8.01. The van der Waals surface area contributed by atoms with Gasteiger partial charge < -0.3 is 9.73 Å². The van der Waals surface area contributed by atoms with Gasteiger partial charge >= 0.3 is 6.03 Å². The molecule has 0 saturated carbocycles. The third kappa shape index (κ3) is 4.24. The molecule has 7 nitrogen and oxygen atoms in total. The molecule has 26 heavy (non-hydrogen) atoms. The molecular weight excluding hydrogens is 352 g/mol. The van der Waals surface area contributed by atoms with E-state index in [9.17, 15) is 9.00 Å². The summed E-state index contributed by atoms with van der Waals surface area (Å²) >= 11 is 0. The molecule has 1 aromatic heterocycles. The van der Waals surface area contributed by atoms with Crippen LogP contribution in [0.3, 0.4) is 0 Å². The Hall–Kier alpha value is -2.79. The molecule has 2 aromatic rings. The van der Waals surface area contributed by atoms with Gasteiger partial charge in [-0.1, -0.05) is 50.3 Å². The molecule has 8 heteroatoms. The van der Waals surface area contributed by atoms with Crippen molar-refractivity contribution in [2.45, 2.75) is 44.6 Å². The minimum atomic E-state index is -3.52. The van der Waals surface area contributed by atoms with Crippen molar-refractivity contribution in [3.05, 3.63) is 47.7 Å².